The van der Waals surface area contributed by atoms with Gasteiger partial charge in [-0.3, -0.25) is 0 Å². The third-order valence-corrected chi connectivity index (χ3v) is 3.46. The van der Waals surface area contributed by atoms with Crippen LogP contribution in [0.1, 0.15) is 39.0 Å². The van der Waals surface area contributed by atoms with E-state index in [4.69, 9.17) is 14.6 Å². The molecule has 3 N–H and O–H groups in total. The molecule has 0 aromatic rings. The van der Waals surface area contributed by atoms with Gasteiger partial charge >= 0.3 is 0 Å². The van der Waals surface area contributed by atoms with E-state index in [2.05, 4.69) is 19.1 Å². The summed E-state index contributed by atoms with van der Waals surface area (Å²) in [6, 6.07) is 0. The monoisotopic (exact) mass is 288 g/mol. The lowest BCUT2D eigenvalue weighted by Crippen LogP contribution is -2.41. The molecule has 5 nitrogen and oxygen atoms in total. The maximum atomic E-state index is 9.92. The first-order valence-electron chi connectivity index (χ1n) is 7.55. The molecule has 1 fully saturated rings. The third-order valence-electron chi connectivity index (χ3n) is 3.46. The lowest BCUT2D eigenvalue weighted by Gasteiger charge is -2.20. The van der Waals surface area contributed by atoms with E-state index < -0.39 is 31.0 Å². The molecule has 1 saturated heterocycles. The van der Waals surface area contributed by atoms with E-state index in [0.717, 1.165) is 25.7 Å². The molecule has 0 aromatic carbocycles. The van der Waals surface area contributed by atoms with Gasteiger partial charge in [-0.15, -0.1) is 0 Å². The predicted molar refractivity (Wildman–Crippen MR) is 76.5 cm³/mol. The van der Waals surface area contributed by atoms with Crippen molar-refractivity contribution in [2.45, 2.75) is 63.4 Å². The average molecular weight is 288 g/mol. The van der Waals surface area contributed by atoms with Crippen molar-refractivity contribution in [2.75, 3.05) is 19.8 Å². The lowest BCUT2D eigenvalue weighted by atomic mass is 10.1. The zero-order valence-corrected chi connectivity index (χ0v) is 12.3. The molecular weight excluding hydrogens is 260 g/mol. The molecule has 0 unspecified atom stereocenters. The van der Waals surface area contributed by atoms with Gasteiger partial charge in [-0.1, -0.05) is 25.5 Å². The Balaban J connectivity index is 2.08. The van der Waals surface area contributed by atoms with Gasteiger partial charge in [-0.25, -0.2) is 0 Å². The van der Waals surface area contributed by atoms with Gasteiger partial charge in [0.1, 0.15) is 24.4 Å². The average Bonchev–Trinajstić information content (AvgIpc) is 2.82. The fourth-order valence-corrected chi connectivity index (χ4v) is 2.21. The maximum absolute atomic E-state index is 9.92. The number of aliphatic hydroxyl groups is 3. The van der Waals surface area contributed by atoms with Crippen LogP contribution in [0.2, 0.25) is 0 Å². The number of aliphatic hydroxyl groups excluding tert-OH is 3. The topological polar surface area (TPSA) is 79.2 Å². The molecule has 5 heteroatoms. The highest BCUT2D eigenvalue weighted by molar-refractivity contribution is 4.88. The summed E-state index contributed by atoms with van der Waals surface area (Å²) in [5.74, 6) is 0. The molecule has 1 rings (SSSR count). The van der Waals surface area contributed by atoms with Gasteiger partial charge in [0, 0.05) is 6.61 Å². The summed E-state index contributed by atoms with van der Waals surface area (Å²) in [4.78, 5) is 0. The van der Waals surface area contributed by atoms with Crippen LogP contribution in [-0.2, 0) is 9.47 Å². The van der Waals surface area contributed by atoms with Crippen LogP contribution in [0.25, 0.3) is 0 Å². The van der Waals surface area contributed by atoms with Gasteiger partial charge in [0.2, 0.25) is 0 Å². The Hall–Kier alpha value is -0.460. The van der Waals surface area contributed by atoms with Crippen molar-refractivity contribution >= 4 is 0 Å². The molecule has 20 heavy (non-hydrogen) atoms. The first-order valence-corrected chi connectivity index (χ1v) is 7.55. The summed E-state index contributed by atoms with van der Waals surface area (Å²) < 4.78 is 10.8. The van der Waals surface area contributed by atoms with E-state index in [1.54, 1.807) is 0 Å². The van der Waals surface area contributed by atoms with Crippen LogP contribution in [0, 0.1) is 0 Å². The molecule has 1 aliphatic rings. The van der Waals surface area contributed by atoms with Gasteiger partial charge in [0.25, 0.3) is 0 Å². The van der Waals surface area contributed by atoms with E-state index in [0.29, 0.717) is 6.61 Å². The molecule has 4 atom stereocenters. The Morgan fingerprint density at radius 1 is 1.30 bits per heavy atom. The van der Waals surface area contributed by atoms with Crippen LogP contribution in [0.15, 0.2) is 12.2 Å². The number of ether oxygens (including phenoxy) is 2. The number of unbranched alkanes of at least 4 members (excludes halogenated alkanes) is 3. The minimum absolute atomic E-state index is 0.263. The van der Waals surface area contributed by atoms with Crippen LogP contribution >= 0.6 is 0 Å². The van der Waals surface area contributed by atoms with Crippen molar-refractivity contribution in [2.24, 2.45) is 0 Å². The minimum Gasteiger partial charge on any atom is -0.394 e. The highest BCUT2D eigenvalue weighted by Gasteiger charge is 2.40. The van der Waals surface area contributed by atoms with Crippen LogP contribution in [-0.4, -0.2) is 59.6 Å². The van der Waals surface area contributed by atoms with Crippen molar-refractivity contribution in [1.82, 2.24) is 0 Å². The molecule has 0 spiro atoms. The van der Waals surface area contributed by atoms with Crippen molar-refractivity contribution in [3.05, 3.63) is 12.2 Å². The molecule has 0 aliphatic carbocycles. The minimum atomic E-state index is -1.05. The van der Waals surface area contributed by atoms with Gasteiger partial charge in [-0.05, 0) is 25.7 Å². The number of rotatable bonds is 10. The third kappa shape index (κ3) is 5.89. The van der Waals surface area contributed by atoms with Gasteiger partial charge < -0.3 is 24.8 Å². The van der Waals surface area contributed by atoms with E-state index in [1.165, 1.54) is 6.42 Å². The zero-order chi connectivity index (χ0) is 14.8. The largest absolute Gasteiger partial charge is 0.394 e. The van der Waals surface area contributed by atoms with E-state index in [1.807, 2.05) is 0 Å². The summed E-state index contributed by atoms with van der Waals surface area (Å²) in [5, 5.41) is 28.2. The van der Waals surface area contributed by atoms with E-state index >= 15 is 0 Å². The summed E-state index contributed by atoms with van der Waals surface area (Å²) >= 11 is 0. The second-order valence-electron chi connectivity index (χ2n) is 5.20. The fourth-order valence-electron chi connectivity index (χ4n) is 2.21. The number of allylic oxidation sites excluding steroid dienone is 2. The summed E-state index contributed by atoms with van der Waals surface area (Å²) in [6.45, 7) is 2.58. The van der Waals surface area contributed by atoms with Crippen molar-refractivity contribution < 1.29 is 24.8 Å². The summed E-state index contributed by atoms with van der Waals surface area (Å²) in [6.07, 6.45) is 6.69. The predicted octanol–water partition coefficient (Wildman–Crippen LogP) is 1.01. The molecule has 1 aliphatic heterocycles. The lowest BCUT2D eigenvalue weighted by molar-refractivity contribution is -0.0730. The van der Waals surface area contributed by atoms with Crippen molar-refractivity contribution in [3.8, 4) is 0 Å². The molecule has 0 aromatic heterocycles. The van der Waals surface area contributed by atoms with Crippen LogP contribution in [0.4, 0.5) is 0 Å². The first kappa shape index (κ1) is 17.6. The highest BCUT2D eigenvalue weighted by atomic mass is 16.6. The normalized spacial score (nSPS) is 28.3. The number of hydrogen-bond donors (Lipinski definition) is 3. The molecule has 0 bridgehead atoms. The zero-order valence-electron chi connectivity index (χ0n) is 12.3. The second-order valence-corrected chi connectivity index (χ2v) is 5.20. The standard InChI is InChI=1S/C15H28O5/c1-2-3-4-5-6-7-8-9-19-13-11-20-15(14(13)18)12(17)10-16/h4-5,12-18H,2-3,6-11H2,1H3/b5-4+/t12-,13+,14+,15+/m0/s1. The van der Waals surface area contributed by atoms with Gasteiger partial charge in [0.05, 0.1) is 13.2 Å². The Morgan fingerprint density at radius 3 is 2.75 bits per heavy atom. The molecule has 0 amide bonds. The van der Waals surface area contributed by atoms with E-state index in [-0.39, 0.29) is 6.61 Å². The maximum Gasteiger partial charge on any atom is 0.114 e. The van der Waals surface area contributed by atoms with E-state index in [9.17, 15) is 10.2 Å². The number of hydrogen-bond acceptors (Lipinski definition) is 5. The van der Waals surface area contributed by atoms with Crippen molar-refractivity contribution in [1.29, 1.82) is 0 Å². The van der Waals surface area contributed by atoms with Gasteiger partial charge in [-0.2, -0.15) is 0 Å². The van der Waals surface area contributed by atoms with Crippen LogP contribution < -0.4 is 0 Å². The van der Waals surface area contributed by atoms with Gasteiger partial charge in [0.15, 0.2) is 0 Å². The van der Waals surface area contributed by atoms with Crippen LogP contribution in [0.5, 0.6) is 0 Å². The SMILES string of the molecule is CCC/C=C/CCCCO[C@@H]1CO[C@H]([C@@H](O)CO)[C@@H]1O. The Morgan fingerprint density at radius 2 is 2.05 bits per heavy atom. The summed E-state index contributed by atoms with van der Waals surface area (Å²) in [7, 11) is 0. The first-order chi connectivity index (χ1) is 9.70. The molecule has 118 valence electrons. The fraction of sp³-hybridized carbons (Fsp3) is 0.867. The molecule has 1 heterocycles. The Bertz CT molecular complexity index is 269. The Kier molecular flexibility index (Phi) is 9.05. The molecular formula is C15H28O5. The Labute approximate surface area is 121 Å². The quantitative estimate of drug-likeness (QED) is 0.413. The second kappa shape index (κ2) is 10.3. The smallest absolute Gasteiger partial charge is 0.114 e. The van der Waals surface area contributed by atoms with Crippen LogP contribution in [0.3, 0.4) is 0 Å². The van der Waals surface area contributed by atoms with Crippen molar-refractivity contribution in [3.63, 3.8) is 0 Å². The highest BCUT2D eigenvalue weighted by Crippen LogP contribution is 2.20. The summed E-state index contributed by atoms with van der Waals surface area (Å²) in [5.41, 5.74) is 0. The molecule has 0 radical (unpaired) electrons. The molecule has 0 saturated carbocycles.